The highest BCUT2D eigenvalue weighted by Crippen LogP contribution is 2.30. The zero-order valence-corrected chi connectivity index (χ0v) is 14.6. The minimum absolute atomic E-state index is 0.00940. The molecular weight excluding hydrogens is 306 g/mol. The van der Waals surface area contributed by atoms with Crippen LogP contribution < -0.4 is 4.74 Å². The predicted octanol–water partition coefficient (Wildman–Crippen LogP) is 2.26. The molecular formula is C18H23N3O3. The van der Waals surface area contributed by atoms with Crippen molar-refractivity contribution in [2.24, 2.45) is 7.05 Å². The van der Waals surface area contributed by atoms with Gasteiger partial charge in [0, 0.05) is 30.4 Å². The number of methoxy groups -OCH3 is 1. The largest absolute Gasteiger partial charge is 0.497 e. The van der Waals surface area contributed by atoms with Crippen LogP contribution in [-0.2, 0) is 11.8 Å². The summed E-state index contributed by atoms with van der Waals surface area (Å²) in [5, 5.41) is 4.48. The van der Waals surface area contributed by atoms with E-state index < -0.39 is 0 Å². The topological polar surface area (TPSA) is 56.6 Å². The first-order valence-corrected chi connectivity index (χ1v) is 8.05. The van der Waals surface area contributed by atoms with Gasteiger partial charge in [0.15, 0.2) is 0 Å². The van der Waals surface area contributed by atoms with Crippen molar-refractivity contribution in [1.82, 2.24) is 14.7 Å². The molecule has 1 atom stereocenters. The van der Waals surface area contributed by atoms with E-state index in [1.165, 1.54) is 0 Å². The van der Waals surface area contributed by atoms with Crippen molar-refractivity contribution in [3.8, 4) is 5.75 Å². The van der Waals surface area contributed by atoms with Crippen molar-refractivity contribution in [3.05, 3.63) is 46.8 Å². The van der Waals surface area contributed by atoms with Crippen molar-refractivity contribution >= 4 is 5.91 Å². The second-order valence-electron chi connectivity index (χ2n) is 6.03. The molecule has 0 N–H and O–H groups in total. The molecule has 2 aromatic rings. The molecule has 1 unspecified atom stereocenters. The number of amides is 1. The quantitative estimate of drug-likeness (QED) is 0.867. The van der Waals surface area contributed by atoms with Crippen molar-refractivity contribution in [1.29, 1.82) is 0 Å². The van der Waals surface area contributed by atoms with Gasteiger partial charge >= 0.3 is 0 Å². The van der Waals surface area contributed by atoms with E-state index in [9.17, 15) is 4.79 Å². The van der Waals surface area contributed by atoms with Crippen LogP contribution in [0.1, 0.15) is 33.4 Å². The van der Waals surface area contributed by atoms with E-state index in [-0.39, 0.29) is 11.9 Å². The van der Waals surface area contributed by atoms with Crippen LogP contribution in [0.15, 0.2) is 24.3 Å². The minimum Gasteiger partial charge on any atom is -0.497 e. The Balaban J connectivity index is 1.96. The van der Waals surface area contributed by atoms with E-state index in [0.717, 1.165) is 17.0 Å². The number of hydrogen-bond donors (Lipinski definition) is 0. The number of carbonyl (C=O) groups is 1. The molecule has 1 fully saturated rings. The molecule has 0 aliphatic carbocycles. The van der Waals surface area contributed by atoms with Crippen LogP contribution in [0.4, 0.5) is 0 Å². The molecule has 0 spiro atoms. The number of morpholine rings is 1. The normalized spacial score (nSPS) is 17.8. The molecule has 128 valence electrons. The monoisotopic (exact) mass is 329 g/mol. The summed E-state index contributed by atoms with van der Waals surface area (Å²) in [5.74, 6) is 0.671. The summed E-state index contributed by atoms with van der Waals surface area (Å²) in [4.78, 5) is 15.0. The van der Waals surface area contributed by atoms with Crippen molar-refractivity contribution in [2.45, 2.75) is 19.9 Å². The summed E-state index contributed by atoms with van der Waals surface area (Å²) in [5.41, 5.74) is 3.70. The Labute approximate surface area is 142 Å². The van der Waals surface area contributed by atoms with Crippen molar-refractivity contribution in [3.63, 3.8) is 0 Å². The average molecular weight is 329 g/mol. The molecule has 1 saturated heterocycles. The Kier molecular flexibility index (Phi) is 4.57. The first kappa shape index (κ1) is 16.5. The molecule has 2 heterocycles. The van der Waals surface area contributed by atoms with Gasteiger partial charge in [-0.2, -0.15) is 5.10 Å². The minimum atomic E-state index is -0.119. The summed E-state index contributed by atoms with van der Waals surface area (Å²) >= 11 is 0. The highest BCUT2D eigenvalue weighted by atomic mass is 16.5. The Morgan fingerprint density at radius 2 is 2.17 bits per heavy atom. The number of nitrogens with zero attached hydrogens (tertiary/aromatic N) is 3. The number of benzene rings is 1. The fourth-order valence-electron chi connectivity index (χ4n) is 3.28. The number of rotatable bonds is 3. The zero-order valence-electron chi connectivity index (χ0n) is 14.6. The fraction of sp³-hybridized carbons (Fsp3) is 0.444. The van der Waals surface area contributed by atoms with Gasteiger partial charge in [-0.3, -0.25) is 9.48 Å². The van der Waals surface area contributed by atoms with Crippen LogP contribution in [0.3, 0.4) is 0 Å². The van der Waals surface area contributed by atoms with Gasteiger partial charge in [0.25, 0.3) is 5.91 Å². The standard InChI is InChI=1S/C18H23N3O3/c1-12-17(13(2)20(3)19-12)16-11-24-9-8-21(16)18(22)14-6-5-7-15(10-14)23-4/h5-7,10,16H,8-9,11H2,1-4H3. The maximum absolute atomic E-state index is 13.1. The number of hydrogen-bond acceptors (Lipinski definition) is 4. The van der Waals surface area contributed by atoms with Gasteiger partial charge in [0.2, 0.25) is 0 Å². The van der Waals surface area contributed by atoms with Crippen molar-refractivity contribution < 1.29 is 14.3 Å². The van der Waals surface area contributed by atoms with Crippen LogP contribution in [-0.4, -0.2) is 47.5 Å². The maximum atomic E-state index is 13.1. The molecule has 0 saturated carbocycles. The lowest BCUT2D eigenvalue weighted by molar-refractivity contribution is -0.00306. The molecule has 6 nitrogen and oxygen atoms in total. The summed E-state index contributed by atoms with van der Waals surface area (Å²) in [6.07, 6.45) is 0. The Hall–Kier alpha value is -2.34. The summed E-state index contributed by atoms with van der Waals surface area (Å²) in [6.45, 7) is 5.60. The fourth-order valence-corrected chi connectivity index (χ4v) is 3.28. The van der Waals surface area contributed by atoms with Crippen LogP contribution in [0.2, 0.25) is 0 Å². The highest BCUT2D eigenvalue weighted by Gasteiger charge is 2.33. The Bertz CT molecular complexity index is 754. The van der Waals surface area contributed by atoms with Gasteiger partial charge in [0.1, 0.15) is 5.75 Å². The molecule has 1 aliphatic heterocycles. The molecule has 1 aromatic heterocycles. The van der Waals surface area contributed by atoms with E-state index in [0.29, 0.717) is 31.1 Å². The number of carbonyl (C=O) groups excluding carboxylic acids is 1. The second kappa shape index (κ2) is 6.65. The Morgan fingerprint density at radius 1 is 1.38 bits per heavy atom. The van der Waals surface area contributed by atoms with Crippen LogP contribution >= 0.6 is 0 Å². The summed E-state index contributed by atoms with van der Waals surface area (Å²) < 4.78 is 12.8. The first-order chi connectivity index (χ1) is 11.5. The van der Waals surface area contributed by atoms with E-state index in [1.54, 1.807) is 13.2 Å². The van der Waals surface area contributed by atoms with Crippen LogP contribution in [0.25, 0.3) is 0 Å². The number of aryl methyl sites for hydroxylation is 2. The summed E-state index contributed by atoms with van der Waals surface area (Å²) in [7, 11) is 3.52. The number of aromatic nitrogens is 2. The van der Waals surface area contributed by atoms with Gasteiger partial charge in [-0.1, -0.05) is 6.07 Å². The lowest BCUT2D eigenvalue weighted by Gasteiger charge is -2.36. The second-order valence-corrected chi connectivity index (χ2v) is 6.03. The maximum Gasteiger partial charge on any atom is 0.254 e. The molecule has 1 aromatic carbocycles. The SMILES string of the molecule is COc1cccc(C(=O)N2CCOCC2c2c(C)nn(C)c2C)c1. The van der Waals surface area contributed by atoms with Crippen LogP contribution in [0.5, 0.6) is 5.75 Å². The van der Waals surface area contributed by atoms with E-state index in [1.807, 2.05) is 48.7 Å². The molecule has 3 rings (SSSR count). The lowest BCUT2D eigenvalue weighted by atomic mass is 10.0. The summed E-state index contributed by atoms with van der Waals surface area (Å²) in [6, 6.07) is 7.15. The highest BCUT2D eigenvalue weighted by molar-refractivity contribution is 5.95. The predicted molar refractivity (Wildman–Crippen MR) is 90.3 cm³/mol. The van der Waals surface area contributed by atoms with Crippen LogP contribution in [0, 0.1) is 13.8 Å². The smallest absolute Gasteiger partial charge is 0.254 e. The lowest BCUT2D eigenvalue weighted by Crippen LogP contribution is -2.43. The average Bonchev–Trinajstić information content (AvgIpc) is 2.86. The Morgan fingerprint density at radius 3 is 2.83 bits per heavy atom. The number of ether oxygens (including phenoxy) is 2. The van der Waals surface area contributed by atoms with Gasteiger partial charge in [-0.15, -0.1) is 0 Å². The molecule has 6 heteroatoms. The van der Waals surface area contributed by atoms with E-state index in [4.69, 9.17) is 9.47 Å². The molecule has 0 radical (unpaired) electrons. The molecule has 1 amide bonds. The third kappa shape index (κ3) is 2.89. The van der Waals surface area contributed by atoms with E-state index >= 15 is 0 Å². The van der Waals surface area contributed by atoms with Gasteiger partial charge in [-0.25, -0.2) is 0 Å². The van der Waals surface area contributed by atoms with Gasteiger partial charge in [0.05, 0.1) is 32.1 Å². The molecule has 24 heavy (non-hydrogen) atoms. The molecule has 1 aliphatic rings. The van der Waals surface area contributed by atoms with Gasteiger partial charge < -0.3 is 14.4 Å². The van der Waals surface area contributed by atoms with Gasteiger partial charge in [-0.05, 0) is 32.0 Å². The third-order valence-corrected chi connectivity index (χ3v) is 4.60. The first-order valence-electron chi connectivity index (χ1n) is 8.05. The van der Waals surface area contributed by atoms with E-state index in [2.05, 4.69) is 5.10 Å². The third-order valence-electron chi connectivity index (χ3n) is 4.60. The molecule has 0 bridgehead atoms. The zero-order chi connectivity index (χ0) is 17.3. The van der Waals surface area contributed by atoms with Crippen molar-refractivity contribution in [2.75, 3.05) is 26.9 Å².